The Hall–Kier alpha value is -2.34. The number of hydrogen-bond acceptors (Lipinski definition) is 3. The highest BCUT2D eigenvalue weighted by Gasteiger charge is 2.15. The SMILES string of the molecule is CNC(=O)c1ccccc1NC(=O)c1cc(OC)ccc1Br. The van der Waals surface area contributed by atoms with Crippen LogP contribution in [0.25, 0.3) is 0 Å². The van der Waals surface area contributed by atoms with Crippen molar-refractivity contribution in [1.29, 1.82) is 0 Å². The van der Waals surface area contributed by atoms with E-state index >= 15 is 0 Å². The van der Waals surface area contributed by atoms with E-state index in [2.05, 4.69) is 26.6 Å². The van der Waals surface area contributed by atoms with Crippen molar-refractivity contribution in [2.24, 2.45) is 0 Å². The quantitative estimate of drug-likeness (QED) is 0.878. The summed E-state index contributed by atoms with van der Waals surface area (Å²) >= 11 is 3.34. The smallest absolute Gasteiger partial charge is 0.256 e. The Labute approximate surface area is 136 Å². The molecule has 2 amide bonds. The molecule has 0 bridgehead atoms. The van der Waals surface area contributed by atoms with E-state index in [1.807, 2.05) is 0 Å². The van der Waals surface area contributed by atoms with E-state index in [9.17, 15) is 9.59 Å². The molecule has 5 nitrogen and oxygen atoms in total. The second kappa shape index (κ2) is 7.09. The Morgan fingerprint density at radius 3 is 2.45 bits per heavy atom. The second-order valence-electron chi connectivity index (χ2n) is 4.42. The van der Waals surface area contributed by atoms with Crippen LogP contribution in [0.5, 0.6) is 5.75 Å². The summed E-state index contributed by atoms with van der Waals surface area (Å²) in [5.74, 6) is -0.0179. The standard InChI is InChI=1S/C16H15BrN2O3/c1-18-15(20)11-5-3-4-6-14(11)19-16(21)12-9-10(22-2)7-8-13(12)17/h3-9H,1-2H3,(H,18,20)(H,19,21). The first-order chi connectivity index (χ1) is 10.6. The van der Waals surface area contributed by atoms with E-state index in [0.29, 0.717) is 27.0 Å². The second-order valence-corrected chi connectivity index (χ2v) is 5.28. The monoisotopic (exact) mass is 362 g/mol. The van der Waals surface area contributed by atoms with Gasteiger partial charge in [-0.25, -0.2) is 0 Å². The van der Waals surface area contributed by atoms with Gasteiger partial charge in [0.1, 0.15) is 5.75 Å². The Bertz CT molecular complexity index is 716. The molecule has 0 saturated heterocycles. The number of carbonyl (C=O) groups is 2. The highest BCUT2D eigenvalue weighted by atomic mass is 79.9. The molecule has 0 radical (unpaired) electrons. The lowest BCUT2D eigenvalue weighted by atomic mass is 10.1. The zero-order valence-electron chi connectivity index (χ0n) is 12.1. The van der Waals surface area contributed by atoms with Crippen molar-refractivity contribution in [2.45, 2.75) is 0 Å². The summed E-state index contributed by atoms with van der Waals surface area (Å²) in [5, 5.41) is 5.29. The Balaban J connectivity index is 2.32. The number of anilines is 1. The summed E-state index contributed by atoms with van der Waals surface area (Å²) in [5.41, 5.74) is 1.27. The summed E-state index contributed by atoms with van der Waals surface area (Å²) in [6.07, 6.45) is 0. The molecule has 2 aromatic carbocycles. The number of amides is 2. The van der Waals surface area contributed by atoms with Crippen LogP contribution in [0.1, 0.15) is 20.7 Å². The molecule has 2 N–H and O–H groups in total. The Morgan fingerprint density at radius 1 is 1.05 bits per heavy atom. The fraction of sp³-hybridized carbons (Fsp3) is 0.125. The van der Waals surface area contributed by atoms with Crippen molar-refractivity contribution < 1.29 is 14.3 Å². The van der Waals surface area contributed by atoms with Gasteiger partial charge in [-0.05, 0) is 46.3 Å². The maximum absolute atomic E-state index is 12.4. The van der Waals surface area contributed by atoms with Gasteiger partial charge < -0.3 is 15.4 Å². The molecule has 2 aromatic rings. The van der Waals surface area contributed by atoms with Gasteiger partial charge in [0, 0.05) is 11.5 Å². The first kappa shape index (κ1) is 16.0. The van der Waals surface area contributed by atoms with Crippen LogP contribution in [0.4, 0.5) is 5.69 Å². The number of hydrogen-bond donors (Lipinski definition) is 2. The highest BCUT2D eigenvalue weighted by molar-refractivity contribution is 9.10. The third-order valence-electron chi connectivity index (χ3n) is 3.07. The van der Waals surface area contributed by atoms with Crippen LogP contribution < -0.4 is 15.4 Å². The predicted molar refractivity (Wildman–Crippen MR) is 88.5 cm³/mol. The van der Waals surface area contributed by atoms with Crippen LogP contribution >= 0.6 is 15.9 Å². The number of methoxy groups -OCH3 is 1. The molecule has 0 unspecified atom stereocenters. The van der Waals surface area contributed by atoms with E-state index in [-0.39, 0.29) is 11.8 Å². The van der Waals surface area contributed by atoms with Crippen molar-refractivity contribution in [1.82, 2.24) is 5.32 Å². The van der Waals surface area contributed by atoms with Crippen molar-refractivity contribution in [2.75, 3.05) is 19.5 Å². The van der Waals surface area contributed by atoms with Crippen molar-refractivity contribution in [3.05, 3.63) is 58.1 Å². The summed E-state index contributed by atoms with van der Waals surface area (Å²) in [4.78, 5) is 24.3. The number of nitrogens with one attached hydrogen (secondary N) is 2. The van der Waals surface area contributed by atoms with Crippen LogP contribution in [0.3, 0.4) is 0 Å². The molecule has 2 rings (SSSR count). The average Bonchev–Trinajstić information content (AvgIpc) is 2.55. The van der Waals surface area contributed by atoms with Gasteiger partial charge in [0.05, 0.1) is 23.9 Å². The van der Waals surface area contributed by atoms with Gasteiger partial charge in [-0.3, -0.25) is 9.59 Å². The van der Waals surface area contributed by atoms with Gasteiger partial charge in [0.2, 0.25) is 0 Å². The van der Waals surface area contributed by atoms with Crippen LogP contribution in [0, 0.1) is 0 Å². The number of para-hydroxylation sites is 1. The molecular weight excluding hydrogens is 348 g/mol. The highest BCUT2D eigenvalue weighted by Crippen LogP contribution is 2.24. The molecule has 0 aliphatic rings. The van der Waals surface area contributed by atoms with Gasteiger partial charge >= 0.3 is 0 Å². The largest absolute Gasteiger partial charge is 0.497 e. The van der Waals surface area contributed by atoms with E-state index in [0.717, 1.165) is 0 Å². The normalized spacial score (nSPS) is 9.95. The lowest BCUT2D eigenvalue weighted by Gasteiger charge is -2.11. The molecule has 22 heavy (non-hydrogen) atoms. The van der Waals surface area contributed by atoms with E-state index in [4.69, 9.17) is 4.74 Å². The fourth-order valence-electron chi connectivity index (χ4n) is 1.92. The molecule has 0 saturated carbocycles. The molecule has 0 aliphatic carbocycles. The zero-order valence-corrected chi connectivity index (χ0v) is 13.7. The van der Waals surface area contributed by atoms with Gasteiger partial charge in [-0.1, -0.05) is 12.1 Å². The summed E-state index contributed by atoms with van der Waals surface area (Å²) in [6, 6.07) is 11.9. The van der Waals surface area contributed by atoms with Gasteiger partial charge in [0.15, 0.2) is 0 Å². The van der Waals surface area contributed by atoms with Gasteiger partial charge in [-0.2, -0.15) is 0 Å². The van der Waals surface area contributed by atoms with Gasteiger partial charge in [-0.15, -0.1) is 0 Å². The van der Waals surface area contributed by atoms with E-state index in [1.165, 1.54) is 7.11 Å². The molecule has 0 spiro atoms. The molecule has 0 heterocycles. The number of rotatable bonds is 4. The lowest BCUT2D eigenvalue weighted by molar-refractivity contribution is 0.0964. The topological polar surface area (TPSA) is 67.4 Å². The van der Waals surface area contributed by atoms with Gasteiger partial charge in [0.25, 0.3) is 11.8 Å². The van der Waals surface area contributed by atoms with Crippen molar-refractivity contribution in [3.8, 4) is 5.75 Å². The van der Waals surface area contributed by atoms with Crippen LogP contribution in [-0.2, 0) is 0 Å². The molecule has 0 aromatic heterocycles. The molecule has 6 heteroatoms. The third kappa shape index (κ3) is 3.46. The minimum Gasteiger partial charge on any atom is -0.497 e. The third-order valence-corrected chi connectivity index (χ3v) is 3.76. The van der Waals surface area contributed by atoms with Crippen molar-refractivity contribution >= 4 is 33.4 Å². The summed E-state index contributed by atoms with van der Waals surface area (Å²) in [7, 11) is 3.07. The maximum atomic E-state index is 12.4. The first-order valence-electron chi connectivity index (χ1n) is 6.52. The van der Waals surface area contributed by atoms with E-state index in [1.54, 1.807) is 49.5 Å². The molecular formula is C16H15BrN2O3. The molecule has 0 atom stereocenters. The minimum absolute atomic E-state index is 0.263. The summed E-state index contributed by atoms with van der Waals surface area (Å²) < 4.78 is 5.77. The average molecular weight is 363 g/mol. The van der Waals surface area contributed by atoms with Crippen LogP contribution in [-0.4, -0.2) is 26.0 Å². The predicted octanol–water partition coefficient (Wildman–Crippen LogP) is 3.07. The first-order valence-corrected chi connectivity index (χ1v) is 7.32. The number of carbonyl (C=O) groups excluding carboxylic acids is 2. The number of ether oxygens (including phenoxy) is 1. The Morgan fingerprint density at radius 2 is 1.77 bits per heavy atom. The van der Waals surface area contributed by atoms with Crippen LogP contribution in [0.15, 0.2) is 46.9 Å². The zero-order chi connectivity index (χ0) is 16.1. The number of benzene rings is 2. The molecule has 0 fully saturated rings. The maximum Gasteiger partial charge on any atom is 0.256 e. The fourth-order valence-corrected chi connectivity index (χ4v) is 2.35. The lowest BCUT2D eigenvalue weighted by Crippen LogP contribution is -2.21. The summed E-state index contributed by atoms with van der Waals surface area (Å²) in [6.45, 7) is 0. The minimum atomic E-state index is -0.331. The number of halogens is 1. The molecule has 114 valence electrons. The van der Waals surface area contributed by atoms with Crippen LogP contribution in [0.2, 0.25) is 0 Å². The van der Waals surface area contributed by atoms with E-state index < -0.39 is 0 Å². The van der Waals surface area contributed by atoms with Crippen molar-refractivity contribution in [3.63, 3.8) is 0 Å². The molecule has 0 aliphatic heterocycles. The Kier molecular flexibility index (Phi) is 5.16.